The number of ether oxygens (including phenoxy) is 1. The molecule has 0 aromatic heterocycles. The van der Waals surface area contributed by atoms with Crippen molar-refractivity contribution in [3.63, 3.8) is 0 Å². The van der Waals surface area contributed by atoms with Gasteiger partial charge in [0, 0.05) is 6.54 Å². The molecule has 1 saturated heterocycles. The smallest absolute Gasteiger partial charge is 0.313 e. The summed E-state index contributed by atoms with van der Waals surface area (Å²) in [6.45, 7) is 6.73. The van der Waals surface area contributed by atoms with Crippen LogP contribution >= 0.6 is 0 Å². The Kier molecular flexibility index (Phi) is 8.11. The summed E-state index contributed by atoms with van der Waals surface area (Å²) in [7, 11) is 0. The van der Waals surface area contributed by atoms with Crippen LogP contribution in [0.25, 0.3) is 0 Å². The fourth-order valence-electron chi connectivity index (χ4n) is 2.91. The minimum Gasteiger partial charge on any atom is -0.465 e. The topological polar surface area (TPSA) is 38.3 Å². The van der Waals surface area contributed by atoms with Gasteiger partial charge in [-0.15, -0.1) is 0 Å². The van der Waals surface area contributed by atoms with Gasteiger partial charge in [0.25, 0.3) is 0 Å². The Bertz CT molecular complexity index is 247. The largest absolute Gasteiger partial charge is 0.465 e. The van der Waals surface area contributed by atoms with Gasteiger partial charge in [-0.1, -0.05) is 52.4 Å². The van der Waals surface area contributed by atoms with E-state index in [9.17, 15) is 4.79 Å². The van der Waals surface area contributed by atoms with Crippen molar-refractivity contribution in [2.24, 2.45) is 5.41 Å². The van der Waals surface area contributed by atoms with Crippen LogP contribution < -0.4 is 5.32 Å². The van der Waals surface area contributed by atoms with E-state index < -0.39 is 0 Å². The number of carbonyl (C=O) groups is 1. The van der Waals surface area contributed by atoms with E-state index in [1.165, 1.54) is 32.1 Å². The molecule has 0 spiro atoms. The molecule has 1 heterocycles. The van der Waals surface area contributed by atoms with Crippen molar-refractivity contribution in [1.82, 2.24) is 5.32 Å². The fraction of sp³-hybridized carbons (Fsp3) is 0.938. The molecule has 1 aliphatic rings. The predicted octanol–water partition coefficient (Wildman–Crippen LogP) is 3.67. The number of nitrogens with one attached hydrogen (secondary N) is 1. The number of rotatable bonds is 10. The Morgan fingerprint density at radius 2 is 1.84 bits per heavy atom. The summed E-state index contributed by atoms with van der Waals surface area (Å²) in [5, 5.41) is 3.30. The molecular formula is C16H31NO2. The highest BCUT2D eigenvalue weighted by atomic mass is 16.5. The molecule has 0 amide bonds. The van der Waals surface area contributed by atoms with E-state index >= 15 is 0 Å². The lowest BCUT2D eigenvalue weighted by Crippen LogP contribution is -2.35. The van der Waals surface area contributed by atoms with Crippen LogP contribution in [-0.2, 0) is 9.53 Å². The Hall–Kier alpha value is -0.570. The third-order valence-electron chi connectivity index (χ3n) is 4.14. The van der Waals surface area contributed by atoms with E-state index in [4.69, 9.17) is 4.74 Å². The molecule has 3 nitrogen and oxygen atoms in total. The molecule has 0 aromatic rings. The molecule has 1 aliphatic heterocycles. The number of hydrogen-bond acceptors (Lipinski definition) is 3. The van der Waals surface area contributed by atoms with Crippen molar-refractivity contribution in [3.05, 3.63) is 0 Å². The van der Waals surface area contributed by atoms with E-state index in [0.29, 0.717) is 6.61 Å². The van der Waals surface area contributed by atoms with Crippen molar-refractivity contribution in [3.8, 4) is 0 Å². The fourth-order valence-corrected chi connectivity index (χ4v) is 2.91. The summed E-state index contributed by atoms with van der Waals surface area (Å²) in [6.07, 6.45) is 10.3. The molecule has 0 aliphatic carbocycles. The second kappa shape index (κ2) is 9.35. The zero-order chi connectivity index (χ0) is 14.0. The van der Waals surface area contributed by atoms with Gasteiger partial charge < -0.3 is 10.1 Å². The highest BCUT2D eigenvalue weighted by Crippen LogP contribution is 2.32. The maximum absolute atomic E-state index is 12.2. The quantitative estimate of drug-likeness (QED) is 0.486. The minimum atomic E-state index is -0.225. The molecule has 0 radical (unpaired) electrons. The molecule has 1 unspecified atom stereocenters. The highest BCUT2D eigenvalue weighted by molar-refractivity contribution is 5.77. The lowest BCUT2D eigenvalue weighted by atomic mass is 9.82. The number of hydrogen-bond donors (Lipinski definition) is 1. The molecule has 1 atom stereocenters. The van der Waals surface area contributed by atoms with Gasteiger partial charge >= 0.3 is 5.97 Å². The third-order valence-corrected chi connectivity index (χ3v) is 4.14. The van der Waals surface area contributed by atoms with Crippen molar-refractivity contribution < 1.29 is 9.53 Å². The molecule has 0 aromatic carbocycles. The zero-order valence-electron chi connectivity index (χ0n) is 12.8. The summed E-state index contributed by atoms with van der Waals surface area (Å²) in [6, 6.07) is 0. The van der Waals surface area contributed by atoms with Crippen LogP contribution in [0.1, 0.15) is 71.6 Å². The zero-order valence-corrected chi connectivity index (χ0v) is 12.8. The first kappa shape index (κ1) is 16.5. The average molecular weight is 269 g/mol. The Balaban J connectivity index is 2.15. The summed E-state index contributed by atoms with van der Waals surface area (Å²) >= 11 is 0. The van der Waals surface area contributed by atoms with Crippen LogP contribution in [0.15, 0.2) is 0 Å². The first-order chi connectivity index (χ1) is 9.25. The lowest BCUT2D eigenvalue weighted by molar-refractivity contribution is -0.155. The molecule has 1 rings (SSSR count). The van der Waals surface area contributed by atoms with Crippen LogP contribution in [0.2, 0.25) is 0 Å². The summed E-state index contributed by atoms with van der Waals surface area (Å²) in [4.78, 5) is 12.2. The van der Waals surface area contributed by atoms with Crippen molar-refractivity contribution >= 4 is 5.97 Å². The molecular weight excluding hydrogens is 238 g/mol. The third kappa shape index (κ3) is 5.52. The number of esters is 1. The van der Waals surface area contributed by atoms with Crippen LogP contribution in [-0.4, -0.2) is 25.7 Å². The summed E-state index contributed by atoms with van der Waals surface area (Å²) in [5.41, 5.74) is -0.225. The Morgan fingerprint density at radius 1 is 1.11 bits per heavy atom. The SMILES string of the molecule is CCCCCCCCOC(=O)C1(CCC)CCNC1. The van der Waals surface area contributed by atoms with E-state index in [-0.39, 0.29) is 11.4 Å². The maximum Gasteiger partial charge on any atom is 0.313 e. The number of carbonyl (C=O) groups excluding carboxylic acids is 1. The van der Waals surface area contributed by atoms with Gasteiger partial charge in [0.15, 0.2) is 0 Å². The van der Waals surface area contributed by atoms with Crippen LogP contribution in [0.5, 0.6) is 0 Å². The monoisotopic (exact) mass is 269 g/mol. The summed E-state index contributed by atoms with van der Waals surface area (Å²) < 4.78 is 5.51. The Labute approximate surface area is 118 Å². The van der Waals surface area contributed by atoms with Crippen molar-refractivity contribution in [2.75, 3.05) is 19.7 Å². The lowest BCUT2D eigenvalue weighted by Gasteiger charge is -2.25. The molecule has 0 saturated carbocycles. The molecule has 1 fully saturated rings. The van der Waals surface area contributed by atoms with Crippen LogP contribution in [0.4, 0.5) is 0 Å². The molecule has 1 N–H and O–H groups in total. The first-order valence-electron chi connectivity index (χ1n) is 8.13. The predicted molar refractivity (Wildman–Crippen MR) is 79.2 cm³/mol. The van der Waals surface area contributed by atoms with Gasteiger partial charge in [-0.25, -0.2) is 0 Å². The van der Waals surface area contributed by atoms with Crippen molar-refractivity contribution in [1.29, 1.82) is 0 Å². The molecule has 19 heavy (non-hydrogen) atoms. The number of unbranched alkanes of at least 4 members (excludes halogenated alkanes) is 5. The van der Waals surface area contributed by atoms with Gasteiger partial charge in [-0.05, 0) is 25.8 Å². The van der Waals surface area contributed by atoms with E-state index in [1.807, 2.05) is 0 Å². The normalized spacial score (nSPS) is 22.6. The molecule has 112 valence electrons. The van der Waals surface area contributed by atoms with Gasteiger partial charge in [0.1, 0.15) is 0 Å². The Morgan fingerprint density at radius 3 is 2.47 bits per heavy atom. The van der Waals surface area contributed by atoms with E-state index in [0.717, 1.165) is 38.8 Å². The summed E-state index contributed by atoms with van der Waals surface area (Å²) in [5.74, 6) is 0.0351. The second-order valence-electron chi connectivity index (χ2n) is 5.86. The maximum atomic E-state index is 12.2. The molecule has 0 bridgehead atoms. The highest BCUT2D eigenvalue weighted by Gasteiger charge is 2.41. The van der Waals surface area contributed by atoms with Crippen LogP contribution in [0, 0.1) is 5.41 Å². The van der Waals surface area contributed by atoms with E-state index in [1.54, 1.807) is 0 Å². The standard InChI is InChI=1S/C16H31NO2/c1-3-5-6-7-8-9-13-19-15(18)16(10-4-2)11-12-17-14-16/h17H,3-14H2,1-2H3. The van der Waals surface area contributed by atoms with Gasteiger partial charge in [-0.3, -0.25) is 4.79 Å². The average Bonchev–Trinajstić information content (AvgIpc) is 2.88. The van der Waals surface area contributed by atoms with E-state index in [2.05, 4.69) is 19.2 Å². The van der Waals surface area contributed by atoms with Gasteiger partial charge in [0.2, 0.25) is 0 Å². The first-order valence-corrected chi connectivity index (χ1v) is 8.13. The minimum absolute atomic E-state index is 0.0351. The molecule has 3 heteroatoms. The van der Waals surface area contributed by atoms with Gasteiger partial charge in [-0.2, -0.15) is 0 Å². The van der Waals surface area contributed by atoms with Crippen molar-refractivity contribution in [2.45, 2.75) is 71.6 Å². The second-order valence-corrected chi connectivity index (χ2v) is 5.86. The van der Waals surface area contributed by atoms with Gasteiger partial charge in [0.05, 0.1) is 12.0 Å². The van der Waals surface area contributed by atoms with Crippen LogP contribution in [0.3, 0.4) is 0 Å².